The van der Waals surface area contributed by atoms with Gasteiger partial charge in [-0.1, -0.05) is 146 Å². The van der Waals surface area contributed by atoms with E-state index < -0.39 is 0 Å². The summed E-state index contributed by atoms with van der Waals surface area (Å²) in [6.07, 6.45) is -0.311. The number of para-hydroxylation sites is 2. The number of fused-ring (bicyclic) bond motifs is 9. The summed E-state index contributed by atoms with van der Waals surface area (Å²) in [7, 11) is 0. The number of hydrogen-bond acceptors (Lipinski definition) is 5. The average molecular weight is 767 g/mol. The van der Waals surface area contributed by atoms with E-state index in [9.17, 15) is 0 Å². The first kappa shape index (κ1) is 32.7. The molecule has 4 nitrogen and oxygen atoms in total. The Morgan fingerprint density at radius 1 is 0.491 bits per heavy atom. The van der Waals surface area contributed by atoms with Crippen molar-refractivity contribution < 1.29 is 0 Å². The molecule has 8 aromatic carbocycles. The minimum atomic E-state index is -0.224. The molecular weight excluding hydrogens is 733 g/mol. The fourth-order valence-electron chi connectivity index (χ4n) is 8.91. The van der Waals surface area contributed by atoms with Gasteiger partial charge in [-0.15, -0.1) is 22.7 Å². The molecule has 12 rings (SSSR count). The molecule has 0 bridgehead atoms. The van der Waals surface area contributed by atoms with Crippen molar-refractivity contribution in [1.82, 2.24) is 15.2 Å². The van der Waals surface area contributed by atoms with Gasteiger partial charge in [0.15, 0.2) is 0 Å². The van der Waals surface area contributed by atoms with E-state index >= 15 is 0 Å². The number of aliphatic imine (C=N–C) groups is 1. The van der Waals surface area contributed by atoms with Crippen LogP contribution in [0, 0.1) is 0 Å². The van der Waals surface area contributed by atoms with Crippen molar-refractivity contribution in [2.75, 3.05) is 0 Å². The Labute approximate surface area is 337 Å². The zero-order valence-corrected chi connectivity index (χ0v) is 32.3. The topological polar surface area (TPSA) is 41.4 Å². The van der Waals surface area contributed by atoms with Gasteiger partial charge < -0.3 is 9.88 Å². The highest BCUT2D eigenvalue weighted by Gasteiger charge is 2.27. The number of amidine groups is 1. The first-order chi connectivity index (χ1) is 28.3. The third-order valence-electron chi connectivity index (χ3n) is 11.5. The fraction of sp³-hybridized carbons (Fsp3) is 0.0392. The van der Waals surface area contributed by atoms with Crippen LogP contribution in [0.1, 0.15) is 29.0 Å². The quantitative estimate of drug-likeness (QED) is 0.183. The lowest BCUT2D eigenvalue weighted by Crippen LogP contribution is -2.44. The lowest BCUT2D eigenvalue weighted by atomic mass is 9.97. The molecule has 11 aromatic rings. The summed E-state index contributed by atoms with van der Waals surface area (Å²) in [5.74, 6) is 0.894. The van der Waals surface area contributed by atoms with Crippen LogP contribution in [0.4, 0.5) is 0 Å². The zero-order chi connectivity index (χ0) is 37.5. The molecule has 2 N–H and O–H groups in total. The Morgan fingerprint density at radius 2 is 1.16 bits per heavy atom. The summed E-state index contributed by atoms with van der Waals surface area (Å²) >= 11 is 3.75. The lowest BCUT2D eigenvalue weighted by Gasteiger charge is -2.32. The lowest BCUT2D eigenvalue weighted by molar-refractivity contribution is 0.411. The molecule has 0 saturated carbocycles. The van der Waals surface area contributed by atoms with Crippen molar-refractivity contribution in [3.63, 3.8) is 0 Å². The van der Waals surface area contributed by atoms with Crippen LogP contribution in [0.5, 0.6) is 0 Å². The van der Waals surface area contributed by atoms with Gasteiger partial charge in [-0.25, -0.2) is 4.99 Å². The van der Waals surface area contributed by atoms with E-state index in [4.69, 9.17) is 4.99 Å². The van der Waals surface area contributed by atoms with Crippen LogP contribution >= 0.6 is 22.7 Å². The van der Waals surface area contributed by atoms with Crippen LogP contribution in [0.15, 0.2) is 187 Å². The predicted octanol–water partition coefficient (Wildman–Crippen LogP) is 13.5. The van der Waals surface area contributed by atoms with Crippen molar-refractivity contribution in [2.45, 2.75) is 12.3 Å². The standard InChI is InChI=1S/C51H34N4S2/c1-3-14-31(15-4-1)49-52-50(32-16-5-2-6-17-32)54-51(53-49)39-23-11-21-37-40-30-33(28-29-44(40)56-47(37)39)34-20-13-27-45-46(34)38-22-12-26-43(48(38)57-45)55-41-24-9-7-18-35(41)36-19-8-10-25-42(36)55/h1-30,49,51,53H,(H,52,54). The number of thiophene rings is 2. The molecule has 0 radical (unpaired) electrons. The molecule has 6 heteroatoms. The van der Waals surface area contributed by atoms with E-state index in [1.54, 1.807) is 0 Å². The number of rotatable bonds is 5. The second-order valence-corrected chi connectivity index (χ2v) is 16.8. The summed E-state index contributed by atoms with van der Waals surface area (Å²) in [5, 5.41) is 15.2. The molecule has 1 aliphatic heterocycles. The Kier molecular flexibility index (Phi) is 7.45. The number of nitrogens with zero attached hydrogens (tertiary/aromatic N) is 2. The normalized spacial score (nSPS) is 15.9. The van der Waals surface area contributed by atoms with Crippen molar-refractivity contribution in [1.29, 1.82) is 0 Å². The van der Waals surface area contributed by atoms with Crippen molar-refractivity contribution in [2.24, 2.45) is 4.99 Å². The maximum absolute atomic E-state index is 5.30. The molecule has 0 spiro atoms. The average Bonchev–Trinajstić information content (AvgIpc) is 3.96. The third kappa shape index (κ3) is 5.19. The second kappa shape index (κ2) is 13.0. The molecule has 2 unspecified atom stereocenters. The molecule has 3 aromatic heterocycles. The van der Waals surface area contributed by atoms with Gasteiger partial charge in [-0.05, 0) is 53.1 Å². The highest BCUT2D eigenvalue weighted by atomic mass is 32.1. The molecule has 1 aliphatic rings. The highest BCUT2D eigenvalue weighted by molar-refractivity contribution is 7.26. The number of benzene rings is 8. The van der Waals surface area contributed by atoms with Crippen LogP contribution in [-0.2, 0) is 0 Å². The van der Waals surface area contributed by atoms with E-state index in [1.165, 1.54) is 90.1 Å². The zero-order valence-electron chi connectivity index (χ0n) is 30.7. The molecule has 270 valence electrons. The second-order valence-electron chi connectivity index (χ2n) is 14.7. The van der Waals surface area contributed by atoms with Gasteiger partial charge in [-0.2, -0.15) is 0 Å². The van der Waals surface area contributed by atoms with Crippen molar-refractivity contribution in [3.05, 3.63) is 199 Å². The molecule has 2 atom stereocenters. The number of aromatic nitrogens is 1. The summed E-state index contributed by atoms with van der Waals surface area (Å²) in [6.45, 7) is 0. The molecule has 0 saturated heterocycles. The van der Waals surface area contributed by atoms with Gasteiger partial charge in [0, 0.05) is 57.5 Å². The van der Waals surface area contributed by atoms with Crippen molar-refractivity contribution >= 4 is 90.7 Å². The summed E-state index contributed by atoms with van der Waals surface area (Å²) in [4.78, 5) is 5.30. The van der Waals surface area contributed by atoms with Crippen LogP contribution < -0.4 is 10.6 Å². The van der Waals surface area contributed by atoms with E-state index in [0.717, 1.165) is 11.4 Å². The first-order valence-corrected chi connectivity index (χ1v) is 21.0. The Bertz CT molecular complexity index is 3320. The van der Waals surface area contributed by atoms with Crippen LogP contribution in [0.2, 0.25) is 0 Å². The molecule has 0 amide bonds. The van der Waals surface area contributed by atoms with Gasteiger partial charge in [0.1, 0.15) is 18.2 Å². The first-order valence-electron chi connectivity index (χ1n) is 19.4. The van der Waals surface area contributed by atoms with Gasteiger partial charge in [0.05, 0.1) is 21.4 Å². The Balaban J connectivity index is 1.000. The summed E-state index contributed by atoms with van der Waals surface area (Å²) in [6, 6.07) is 65.9. The largest absolute Gasteiger partial charge is 0.350 e. The highest BCUT2D eigenvalue weighted by Crippen LogP contribution is 2.46. The Morgan fingerprint density at radius 3 is 1.96 bits per heavy atom. The van der Waals surface area contributed by atoms with E-state index in [1.807, 2.05) is 22.7 Å². The summed E-state index contributed by atoms with van der Waals surface area (Å²) in [5.41, 5.74) is 9.63. The van der Waals surface area contributed by atoms with Crippen LogP contribution in [0.25, 0.3) is 79.0 Å². The number of nitrogens with one attached hydrogen (secondary N) is 2. The molecular formula is C51H34N4S2. The Hall–Kier alpha value is -6.57. The predicted molar refractivity (Wildman–Crippen MR) is 243 cm³/mol. The van der Waals surface area contributed by atoms with Gasteiger partial charge in [0.2, 0.25) is 0 Å². The van der Waals surface area contributed by atoms with Gasteiger partial charge in [0.25, 0.3) is 0 Å². The number of hydrogen-bond donors (Lipinski definition) is 2. The molecule has 0 fully saturated rings. The SMILES string of the molecule is c1ccc(C2=NC(c3cccc4c3sc3ccc(-c5cccc6sc7c(-n8c9ccccc9c9ccccc98)cccc7c56)cc34)NC(c3ccccc3)N2)cc1. The minimum Gasteiger partial charge on any atom is -0.350 e. The van der Waals surface area contributed by atoms with E-state index in [0.29, 0.717) is 0 Å². The van der Waals surface area contributed by atoms with Crippen LogP contribution in [0.3, 0.4) is 0 Å². The van der Waals surface area contributed by atoms with Crippen molar-refractivity contribution in [3.8, 4) is 16.8 Å². The molecule has 57 heavy (non-hydrogen) atoms. The van der Waals surface area contributed by atoms with E-state index in [2.05, 4.69) is 197 Å². The maximum Gasteiger partial charge on any atom is 0.131 e. The molecule has 0 aliphatic carbocycles. The third-order valence-corrected chi connectivity index (χ3v) is 13.9. The van der Waals surface area contributed by atoms with Gasteiger partial charge in [-0.3, -0.25) is 5.32 Å². The van der Waals surface area contributed by atoms with Crippen LogP contribution in [-0.4, -0.2) is 10.4 Å². The molecule has 4 heterocycles. The smallest absolute Gasteiger partial charge is 0.131 e. The fourth-order valence-corrected chi connectivity index (χ4v) is 11.4. The minimum absolute atomic E-state index is 0.0865. The maximum atomic E-state index is 5.30. The monoisotopic (exact) mass is 766 g/mol. The summed E-state index contributed by atoms with van der Waals surface area (Å²) < 4.78 is 7.59. The van der Waals surface area contributed by atoms with E-state index in [-0.39, 0.29) is 12.3 Å². The van der Waals surface area contributed by atoms with Gasteiger partial charge >= 0.3 is 0 Å².